The number of hydrogen-bond acceptors (Lipinski definition) is 4. The quantitative estimate of drug-likeness (QED) is 0.208. The zero-order valence-electron chi connectivity index (χ0n) is 10.8. The fourth-order valence-electron chi connectivity index (χ4n) is 1.53. The van der Waals surface area contributed by atoms with Crippen molar-refractivity contribution < 1.29 is 18.5 Å². The van der Waals surface area contributed by atoms with Crippen molar-refractivity contribution in [2.45, 2.75) is 12.8 Å². The Morgan fingerprint density at radius 3 is 2.76 bits per heavy atom. The van der Waals surface area contributed by atoms with Crippen LogP contribution in [0, 0.1) is 21.7 Å². The Balaban J connectivity index is 2.72. The highest BCUT2D eigenvalue weighted by Crippen LogP contribution is 2.22. The first-order chi connectivity index (χ1) is 9.99. The molecule has 1 aromatic carbocycles. The SMILES string of the molecule is [N-]=[N+]=NCCCCNC(=O)c1c(F)ccc([N+](=O)[O-])c1F. The van der Waals surface area contributed by atoms with Crippen LogP contribution in [0.2, 0.25) is 0 Å². The van der Waals surface area contributed by atoms with Crippen LogP contribution in [0.25, 0.3) is 10.4 Å². The second-order valence-electron chi connectivity index (χ2n) is 3.93. The largest absolute Gasteiger partial charge is 0.352 e. The molecule has 0 aliphatic rings. The first-order valence-corrected chi connectivity index (χ1v) is 5.90. The molecule has 0 fully saturated rings. The second-order valence-corrected chi connectivity index (χ2v) is 3.93. The number of carbonyl (C=O) groups excluding carboxylic acids is 1. The molecule has 0 unspecified atom stereocenters. The monoisotopic (exact) mass is 299 g/mol. The minimum absolute atomic E-state index is 0.0986. The zero-order chi connectivity index (χ0) is 15.8. The number of carbonyl (C=O) groups is 1. The normalized spacial score (nSPS) is 9.81. The van der Waals surface area contributed by atoms with E-state index >= 15 is 0 Å². The Hall–Kier alpha value is -2.74. The number of halogens is 2. The summed E-state index contributed by atoms with van der Waals surface area (Å²) in [5, 5.41) is 16.1. The van der Waals surface area contributed by atoms with E-state index in [1.807, 2.05) is 0 Å². The van der Waals surface area contributed by atoms with Crippen LogP contribution in [0.5, 0.6) is 0 Å². The molecule has 1 amide bonds. The average Bonchev–Trinajstić information content (AvgIpc) is 2.42. The second kappa shape index (κ2) is 7.75. The third kappa shape index (κ3) is 4.39. The van der Waals surface area contributed by atoms with Crippen molar-refractivity contribution in [3.8, 4) is 0 Å². The Morgan fingerprint density at radius 1 is 1.43 bits per heavy atom. The molecule has 0 heterocycles. The van der Waals surface area contributed by atoms with Crippen LogP contribution < -0.4 is 5.32 Å². The number of rotatable bonds is 7. The summed E-state index contributed by atoms with van der Waals surface area (Å²) in [6, 6.07) is 1.32. The van der Waals surface area contributed by atoms with Gasteiger partial charge < -0.3 is 5.32 Å². The fraction of sp³-hybridized carbons (Fsp3) is 0.364. The Kier molecular flexibility index (Phi) is 6.02. The van der Waals surface area contributed by atoms with Gasteiger partial charge in [0.1, 0.15) is 11.4 Å². The number of nitro benzene ring substituents is 1. The van der Waals surface area contributed by atoms with Crippen LogP contribution >= 0.6 is 0 Å². The van der Waals surface area contributed by atoms with Crippen molar-refractivity contribution in [3.63, 3.8) is 0 Å². The van der Waals surface area contributed by atoms with E-state index in [2.05, 4.69) is 15.3 Å². The van der Waals surface area contributed by atoms with Crippen molar-refractivity contribution in [1.29, 1.82) is 0 Å². The summed E-state index contributed by atoms with van der Waals surface area (Å²) in [6.45, 7) is 0.341. The van der Waals surface area contributed by atoms with E-state index in [4.69, 9.17) is 5.53 Å². The van der Waals surface area contributed by atoms with Crippen LogP contribution in [0.4, 0.5) is 14.5 Å². The van der Waals surface area contributed by atoms with Gasteiger partial charge in [0.15, 0.2) is 0 Å². The molecule has 0 saturated heterocycles. The van der Waals surface area contributed by atoms with Gasteiger partial charge in [-0.25, -0.2) is 4.39 Å². The summed E-state index contributed by atoms with van der Waals surface area (Å²) in [4.78, 5) is 23.7. The van der Waals surface area contributed by atoms with E-state index in [-0.39, 0.29) is 13.1 Å². The number of azide groups is 1. The molecule has 0 radical (unpaired) electrons. The number of benzene rings is 1. The molecule has 0 aromatic heterocycles. The maximum absolute atomic E-state index is 13.7. The Morgan fingerprint density at radius 2 is 2.14 bits per heavy atom. The Labute approximate surface area is 117 Å². The molecule has 8 nitrogen and oxygen atoms in total. The summed E-state index contributed by atoms with van der Waals surface area (Å²) >= 11 is 0. The predicted octanol–water partition coefficient (Wildman–Crippen LogP) is 2.69. The topological polar surface area (TPSA) is 121 Å². The van der Waals surface area contributed by atoms with Crippen LogP contribution in [0.15, 0.2) is 17.2 Å². The highest BCUT2D eigenvalue weighted by molar-refractivity contribution is 5.95. The maximum atomic E-state index is 13.7. The van der Waals surface area contributed by atoms with Crippen molar-refractivity contribution in [2.24, 2.45) is 5.11 Å². The summed E-state index contributed by atoms with van der Waals surface area (Å²) in [5.74, 6) is -3.76. The first kappa shape index (κ1) is 16.3. The van der Waals surface area contributed by atoms with E-state index in [0.717, 1.165) is 0 Å². The molecule has 0 spiro atoms. The van der Waals surface area contributed by atoms with Crippen molar-refractivity contribution in [3.05, 3.63) is 49.9 Å². The third-order valence-electron chi connectivity index (χ3n) is 2.53. The number of nitro groups is 1. The highest BCUT2D eigenvalue weighted by atomic mass is 19.1. The van der Waals surface area contributed by atoms with Crippen LogP contribution in [0.1, 0.15) is 23.2 Å². The van der Waals surface area contributed by atoms with Gasteiger partial charge in [-0.15, -0.1) is 0 Å². The molecule has 0 aliphatic carbocycles. The molecule has 0 saturated carbocycles. The van der Waals surface area contributed by atoms with Gasteiger partial charge in [-0.3, -0.25) is 14.9 Å². The van der Waals surface area contributed by atoms with E-state index in [1.54, 1.807) is 0 Å². The Bertz CT molecular complexity index is 602. The van der Waals surface area contributed by atoms with Gasteiger partial charge >= 0.3 is 5.69 Å². The number of amides is 1. The average molecular weight is 299 g/mol. The molecule has 0 atom stereocenters. The van der Waals surface area contributed by atoms with Crippen molar-refractivity contribution >= 4 is 11.6 Å². The lowest BCUT2D eigenvalue weighted by molar-refractivity contribution is -0.387. The minimum Gasteiger partial charge on any atom is -0.352 e. The number of nitrogens with zero attached hydrogens (tertiary/aromatic N) is 4. The molecular formula is C11H11F2N5O3. The first-order valence-electron chi connectivity index (χ1n) is 5.90. The molecule has 1 aromatic rings. The lowest BCUT2D eigenvalue weighted by Gasteiger charge is -2.06. The number of hydrogen-bond donors (Lipinski definition) is 1. The standard InChI is InChI=1S/C11H11F2N5O3/c12-7-3-4-8(18(20)21)10(13)9(7)11(19)15-5-1-2-6-16-17-14/h3-4H,1-2,5-6H2,(H,15,19). The van der Waals surface area contributed by atoms with E-state index in [0.29, 0.717) is 25.0 Å². The third-order valence-corrected chi connectivity index (χ3v) is 2.53. The number of nitrogens with one attached hydrogen (secondary N) is 1. The van der Waals surface area contributed by atoms with Gasteiger partial charge in [0.25, 0.3) is 5.91 Å². The summed E-state index contributed by atoms with van der Waals surface area (Å²) in [6.07, 6.45) is 0.924. The maximum Gasteiger partial charge on any atom is 0.305 e. The zero-order valence-corrected chi connectivity index (χ0v) is 10.8. The molecule has 112 valence electrons. The van der Waals surface area contributed by atoms with Crippen molar-refractivity contribution in [2.75, 3.05) is 13.1 Å². The fourth-order valence-corrected chi connectivity index (χ4v) is 1.53. The van der Waals surface area contributed by atoms with E-state index < -0.39 is 33.7 Å². The summed E-state index contributed by atoms with van der Waals surface area (Å²) in [5.41, 5.74) is 6.09. The molecule has 10 heteroatoms. The van der Waals surface area contributed by atoms with Gasteiger partial charge in [0, 0.05) is 24.1 Å². The summed E-state index contributed by atoms with van der Waals surface area (Å²) in [7, 11) is 0. The van der Waals surface area contributed by atoms with Crippen LogP contribution in [0.3, 0.4) is 0 Å². The smallest absolute Gasteiger partial charge is 0.305 e. The molecule has 21 heavy (non-hydrogen) atoms. The highest BCUT2D eigenvalue weighted by Gasteiger charge is 2.25. The molecule has 0 bridgehead atoms. The predicted molar refractivity (Wildman–Crippen MR) is 68.6 cm³/mol. The molecular weight excluding hydrogens is 288 g/mol. The van der Waals surface area contributed by atoms with Gasteiger partial charge in [-0.05, 0) is 24.4 Å². The molecule has 1 N–H and O–H groups in total. The van der Waals surface area contributed by atoms with Gasteiger partial charge in [-0.2, -0.15) is 4.39 Å². The van der Waals surface area contributed by atoms with Gasteiger partial charge in [-0.1, -0.05) is 5.11 Å². The van der Waals surface area contributed by atoms with Crippen LogP contribution in [-0.4, -0.2) is 23.9 Å². The minimum atomic E-state index is -1.51. The van der Waals surface area contributed by atoms with E-state index in [9.17, 15) is 23.7 Å². The lowest BCUT2D eigenvalue weighted by Crippen LogP contribution is -2.27. The van der Waals surface area contributed by atoms with Gasteiger partial charge in [0.05, 0.1) is 4.92 Å². The van der Waals surface area contributed by atoms with Crippen molar-refractivity contribution in [1.82, 2.24) is 5.32 Å². The van der Waals surface area contributed by atoms with Gasteiger partial charge in [0.2, 0.25) is 5.82 Å². The lowest BCUT2D eigenvalue weighted by atomic mass is 10.1. The van der Waals surface area contributed by atoms with Crippen LogP contribution in [-0.2, 0) is 0 Å². The summed E-state index contributed by atoms with van der Waals surface area (Å²) < 4.78 is 27.2. The number of unbranched alkanes of at least 4 members (excludes halogenated alkanes) is 1. The molecule has 0 aliphatic heterocycles. The van der Waals surface area contributed by atoms with E-state index in [1.165, 1.54) is 0 Å². The molecule has 1 rings (SSSR count).